The maximum absolute atomic E-state index is 5.38. The summed E-state index contributed by atoms with van der Waals surface area (Å²) in [7, 11) is 1.96. The first-order chi connectivity index (χ1) is 8.31. The highest BCUT2D eigenvalue weighted by atomic mass is 32.1. The SMILES string of the molecule is CCOc1cnn(Cc2ccc(CNC)s2)c1. The summed E-state index contributed by atoms with van der Waals surface area (Å²) in [5.41, 5.74) is 0. The molecule has 0 aromatic carbocycles. The molecule has 2 rings (SSSR count). The van der Waals surface area contributed by atoms with Crippen molar-refractivity contribution in [1.82, 2.24) is 15.1 Å². The fraction of sp³-hybridized carbons (Fsp3) is 0.417. The van der Waals surface area contributed by atoms with E-state index in [4.69, 9.17) is 4.74 Å². The van der Waals surface area contributed by atoms with Gasteiger partial charge in [0.2, 0.25) is 0 Å². The van der Waals surface area contributed by atoms with Gasteiger partial charge in [0.15, 0.2) is 5.75 Å². The number of nitrogens with one attached hydrogen (secondary N) is 1. The molecule has 2 aromatic heterocycles. The molecular weight excluding hydrogens is 234 g/mol. The number of aromatic nitrogens is 2. The lowest BCUT2D eigenvalue weighted by atomic mass is 10.4. The molecule has 0 atom stereocenters. The predicted octanol–water partition coefficient (Wildman–Crippen LogP) is 2.11. The van der Waals surface area contributed by atoms with E-state index in [1.807, 2.05) is 36.2 Å². The maximum Gasteiger partial charge on any atom is 0.157 e. The smallest absolute Gasteiger partial charge is 0.157 e. The van der Waals surface area contributed by atoms with Gasteiger partial charge in [-0.25, -0.2) is 0 Å². The second-order valence-electron chi connectivity index (χ2n) is 3.70. The largest absolute Gasteiger partial charge is 0.491 e. The van der Waals surface area contributed by atoms with E-state index in [-0.39, 0.29) is 0 Å². The Balaban J connectivity index is 1.98. The fourth-order valence-electron chi connectivity index (χ4n) is 1.61. The molecule has 2 aromatic rings. The van der Waals surface area contributed by atoms with E-state index in [2.05, 4.69) is 22.5 Å². The lowest BCUT2D eigenvalue weighted by molar-refractivity contribution is 0.340. The molecule has 17 heavy (non-hydrogen) atoms. The summed E-state index contributed by atoms with van der Waals surface area (Å²) >= 11 is 1.81. The average molecular weight is 251 g/mol. The minimum Gasteiger partial charge on any atom is -0.491 e. The van der Waals surface area contributed by atoms with E-state index >= 15 is 0 Å². The molecule has 0 aliphatic rings. The van der Waals surface area contributed by atoms with Gasteiger partial charge in [-0.1, -0.05) is 0 Å². The van der Waals surface area contributed by atoms with Gasteiger partial charge in [0.05, 0.1) is 25.5 Å². The summed E-state index contributed by atoms with van der Waals surface area (Å²) < 4.78 is 7.28. The molecule has 0 amide bonds. The van der Waals surface area contributed by atoms with E-state index in [0.29, 0.717) is 6.61 Å². The molecule has 0 aliphatic carbocycles. The molecule has 0 aliphatic heterocycles. The second kappa shape index (κ2) is 5.84. The van der Waals surface area contributed by atoms with Crippen molar-refractivity contribution in [2.45, 2.75) is 20.0 Å². The van der Waals surface area contributed by atoms with Crippen LogP contribution >= 0.6 is 11.3 Å². The van der Waals surface area contributed by atoms with Crippen molar-refractivity contribution in [3.05, 3.63) is 34.3 Å². The highest BCUT2D eigenvalue weighted by Gasteiger charge is 2.03. The lowest BCUT2D eigenvalue weighted by Crippen LogP contribution is -2.02. The number of nitrogens with zero attached hydrogens (tertiary/aromatic N) is 2. The van der Waals surface area contributed by atoms with Crippen LogP contribution in [-0.2, 0) is 13.1 Å². The van der Waals surface area contributed by atoms with Gasteiger partial charge in [-0.3, -0.25) is 4.68 Å². The Bertz CT molecular complexity index is 422. The molecule has 0 saturated carbocycles. The van der Waals surface area contributed by atoms with Gasteiger partial charge in [-0.15, -0.1) is 11.3 Å². The average Bonchev–Trinajstić information content (AvgIpc) is 2.91. The van der Waals surface area contributed by atoms with Gasteiger partial charge < -0.3 is 10.1 Å². The van der Waals surface area contributed by atoms with Crippen LogP contribution in [0.5, 0.6) is 5.75 Å². The normalized spacial score (nSPS) is 10.7. The number of thiophene rings is 1. The molecule has 92 valence electrons. The summed E-state index contributed by atoms with van der Waals surface area (Å²) in [6.07, 6.45) is 3.69. The molecule has 0 unspecified atom stereocenters. The summed E-state index contributed by atoms with van der Waals surface area (Å²) in [6, 6.07) is 4.31. The Kier molecular flexibility index (Phi) is 4.17. The zero-order valence-corrected chi connectivity index (χ0v) is 11.0. The molecule has 0 radical (unpaired) electrons. The van der Waals surface area contributed by atoms with E-state index in [1.54, 1.807) is 6.20 Å². The zero-order valence-electron chi connectivity index (χ0n) is 10.1. The van der Waals surface area contributed by atoms with Crippen LogP contribution in [0.1, 0.15) is 16.7 Å². The third-order valence-corrected chi connectivity index (χ3v) is 3.38. The minimum absolute atomic E-state index is 0.678. The molecule has 0 spiro atoms. The summed E-state index contributed by atoms with van der Waals surface area (Å²) in [4.78, 5) is 2.65. The van der Waals surface area contributed by atoms with Gasteiger partial charge in [0.25, 0.3) is 0 Å². The standard InChI is InChI=1S/C12H17N3OS/c1-3-16-10-6-14-15(8-10)9-12-5-4-11(17-12)7-13-2/h4-6,8,13H,3,7,9H2,1-2H3. The van der Waals surface area contributed by atoms with E-state index < -0.39 is 0 Å². The Morgan fingerprint density at radius 3 is 3.00 bits per heavy atom. The molecule has 2 heterocycles. The summed E-state index contributed by atoms with van der Waals surface area (Å²) in [5, 5.41) is 7.42. The van der Waals surface area contributed by atoms with Crippen molar-refractivity contribution >= 4 is 11.3 Å². The van der Waals surface area contributed by atoms with E-state index in [9.17, 15) is 0 Å². The highest BCUT2D eigenvalue weighted by Crippen LogP contribution is 2.18. The minimum atomic E-state index is 0.678. The number of ether oxygens (including phenoxy) is 1. The molecule has 0 bridgehead atoms. The first-order valence-corrected chi connectivity index (χ1v) is 6.51. The van der Waals surface area contributed by atoms with Crippen LogP contribution in [0.4, 0.5) is 0 Å². The van der Waals surface area contributed by atoms with Crippen LogP contribution in [0.25, 0.3) is 0 Å². The monoisotopic (exact) mass is 251 g/mol. The van der Waals surface area contributed by atoms with E-state index in [0.717, 1.165) is 18.8 Å². The summed E-state index contributed by atoms with van der Waals surface area (Å²) in [6.45, 7) is 4.38. The van der Waals surface area contributed by atoms with Crippen molar-refractivity contribution in [3.8, 4) is 5.75 Å². The van der Waals surface area contributed by atoms with Crippen LogP contribution in [0, 0.1) is 0 Å². The quantitative estimate of drug-likeness (QED) is 0.854. The van der Waals surface area contributed by atoms with Gasteiger partial charge in [-0.2, -0.15) is 5.10 Å². The number of hydrogen-bond donors (Lipinski definition) is 1. The van der Waals surface area contributed by atoms with Crippen LogP contribution in [0.2, 0.25) is 0 Å². The van der Waals surface area contributed by atoms with Crippen molar-refractivity contribution in [2.75, 3.05) is 13.7 Å². The van der Waals surface area contributed by atoms with Crippen LogP contribution in [0.15, 0.2) is 24.5 Å². The zero-order chi connectivity index (χ0) is 12.1. The molecule has 5 heteroatoms. The molecule has 0 saturated heterocycles. The van der Waals surface area contributed by atoms with Crippen LogP contribution < -0.4 is 10.1 Å². The van der Waals surface area contributed by atoms with Crippen molar-refractivity contribution in [1.29, 1.82) is 0 Å². The van der Waals surface area contributed by atoms with E-state index in [1.165, 1.54) is 9.75 Å². The summed E-state index contributed by atoms with van der Waals surface area (Å²) in [5.74, 6) is 0.833. The molecular formula is C12H17N3OS. The molecule has 4 nitrogen and oxygen atoms in total. The van der Waals surface area contributed by atoms with Crippen molar-refractivity contribution in [2.24, 2.45) is 0 Å². The Morgan fingerprint density at radius 2 is 2.24 bits per heavy atom. The highest BCUT2D eigenvalue weighted by molar-refractivity contribution is 7.11. The van der Waals surface area contributed by atoms with Crippen LogP contribution in [0.3, 0.4) is 0 Å². The van der Waals surface area contributed by atoms with Crippen molar-refractivity contribution < 1.29 is 4.74 Å². The van der Waals surface area contributed by atoms with Gasteiger partial charge in [-0.05, 0) is 26.1 Å². The third-order valence-electron chi connectivity index (χ3n) is 2.31. The van der Waals surface area contributed by atoms with Gasteiger partial charge >= 0.3 is 0 Å². The van der Waals surface area contributed by atoms with Crippen LogP contribution in [-0.4, -0.2) is 23.4 Å². The Hall–Kier alpha value is -1.33. The topological polar surface area (TPSA) is 39.1 Å². The number of rotatable bonds is 6. The van der Waals surface area contributed by atoms with Crippen molar-refractivity contribution in [3.63, 3.8) is 0 Å². The maximum atomic E-state index is 5.38. The number of hydrogen-bond acceptors (Lipinski definition) is 4. The Labute approximate surface area is 105 Å². The molecule has 0 fully saturated rings. The van der Waals surface area contributed by atoms with Gasteiger partial charge in [0.1, 0.15) is 0 Å². The molecule has 1 N–H and O–H groups in total. The third kappa shape index (κ3) is 3.31. The Morgan fingerprint density at radius 1 is 1.41 bits per heavy atom. The lowest BCUT2D eigenvalue weighted by Gasteiger charge is -1.98. The van der Waals surface area contributed by atoms with Gasteiger partial charge in [0, 0.05) is 16.3 Å². The first kappa shape index (κ1) is 12.1. The second-order valence-corrected chi connectivity index (χ2v) is 4.96. The first-order valence-electron chi connectivity index (χ1n) is 5.69. The predicted molar refractivity (Wildman–Crippen MR) is 69.6 cm³/mol. The fourth-order valence-corrected chi connectivity index (χ4v) is 2.63.